The molecule has 1 saturated heterocycles. The molecule has 136 valence electrons. The summed E-state index contributed by atoms with van der Waals surface area (Å²) in [6, 6.07) is 13.0. The summed E-state index contributed by atoms with van der Waals surface area (Å²) in [4.78, 5) is 30.4. The van der Waals surface area contributed by atoms with E-state index < -0.39 is 0 Å². The molecule has 0 saturated carbocycles. The molecule has 3 rings (SSSR count). The maximum atomic E-state index is 12.3. The molecule has 0 aliphatic carbocycles. The standard InChI is InChI=1S/C20H23N3O3/c24-19(10-15-26-18-4-2-1-3-5-18)23-13-8-16(9-14-23)20(25)22-17-6-11-21-12-7-17/h1-7,11-12,16H,8-10,13-15H2,(H,21,22,25). The average Bonchev–Trinajstić information content (AvgIpc) is 2.69. The van der Waals surface area contributed by atoms with Crippen molar-refractivity contribution in [1.29, 1.82) is 0 Å². The van der Waals surface area contributed by atoms with E-state index in [9.17, 15) is 9.59 Å². The summed E-state index contributed by atoms with van der Waals surface area (Å²) in [6.45, 7) is 1.59. The van der Waals surface area contributed by atoms with Crippen LogP contribution in [0.1, 0.15) is 19.3 Å². The highest BCUT2D eigenvalue weighted by Crippen LogP contribution is 2.20. The summed E-state index contributed by atoms with van der Waals surface area (Å²) in [5.74, 6) is 0.796. The smallest absolute Gasteiger partial charge is 0.227 e. The molecule has 1 fully saturated rings. The number of nitrogens with zero attached hydrogens (tertiary/aromatic N) is 2. The van der Waals surface area contributed by atoms with Crippen LogP contribution in [0.3, 0.4) is 0 Å². The van der Waals surface area contributed by atoms with Crippen molar-refractivity contribution in [1.82, 2.24) is 9.88 Å². The van der Waals surface area contributed by atoms with Crippen LogP contribution in [0.15, 0.2) is 54.9 Å². The quantitative estimate of drug-likeness (QED) is 0.867. The Balaban J connectivity index is 1.38. The van der Waals surface area contributed by atoms with Gasteiger partial charge in [0.05, 0.1) is 13.0 Å². The van der Waals surface area contributed by atoms with Crippen LogP contribution in [0.5, 0.6) is 5.75 Å². The van der Waals surface area contributed by atoms with Crippen LogP contribution < -0.4 is 10.1 Å². The number of benzene rings is 1. The second-order valence-corrected chi connectivity index (χ2v) is 6.29. The van der Waals surface area contributed by atoms with Gasteiger partial charge in [0.25, 0.3) is 0 Å². The third-order valence-corrected chi connectivity index (χ3v) is 4.49. The first kappa shape index (κ1) is 17.9. The number of nitrogens with one attached hydrogen (secondary N) is 1. The second-order valence-electron chi connectivity index (χ2n) is 6.29. The molecule has 0 radical (unpaired) electrons. The van der Waals surface area contributed by atoms with Crippen LogP contribution in [0.25, 0.3) is 0 Å². The molecule has 2 amide bonds. The zero-order chi connectivity index (χ0) is 18.2. The average molecular weight is 353 g/mol. The zero-order valence-electron chi connectivity index (χ0n) is 14.6. The van der Waals surface area contributed by atoms with E-state index in [1.165, 1.54) is 0 Å². The molecule has 1 aliphatic heterocycles. The van der Waals surface area contributed by atoms with Crippen LogP contribution >= 0.6 is 0 Å². The monoisotopic (exact) mass is 353 g/mol. The number of carbonyl (C=O) groups excluding carboxylic acids is 2. The highest BCUT2D eigenvalue weighted by molar-refractivity contribution is 5.92. The summed E-state index contributed by atoms with van der Waals surface area (Å²) in [6.07, 6.45) is 5.01. The van der Waals surface area contributed by atoms with Gasteiger partial charge in [0.1, 0.15) is 5.75 Å². The zero-order valence-corrected chi connectivity index (χ0v) is 14.6. The lowest BCUT2D eigenvalue weighted by Gasteiger charge is -2.31. The normalized spacial score (nSPS) is 14.7. The van der Waals surface area contributed by atoms with Gasteiger partial charge >= 0.3 is 0 Å². The predicted molar refractivity (Wildman–Crippen MR) is 98.7 cm³/mol. The van der Waals surface area contributed by atoms with Gasteiger partial charge < -0.3 is 15.0 Å². The summed E-state index contributed by atoms with van der Waals surface area (Å²) in [5.41, 5.74) is 0.751. The molecular weight excluding hydrogens is 330 g/mol. The molecule has 0 atom stereocenters. The van der Waals surface area contributed by atoms with Crippen molar-refractivity contribution in [3.05, 3.63) is 54.9 Å². The highest BCUT2D eigenvalue weighted by Gasteiger charge is 2.27. The lowest BCUT2D eigenvalue weighted by molar-refractivity contribution is -0.135. The molecule has 0 bridgehead atoms. The van der Waals surface area contributed by atoms with Crippen molar-refractivity contribution in [2.45, 2.75) is 19.3 Å². The maximum Gasteiger partial charge on any atom is 0.227 e. The summed E-state index contributed by atoms with van der Waals surface area (Å²) in [7, 11) is 0. The number of hydrogen-bond donors (Lipinski definition) is 1. The summed E-state index contributed by atoms with van der Waals surface area (Å²) < 4.78 is 5.58. The van der Waals surface area contributed by atoms with E-state index in [1.807, 2.05) is 35.2 Å². The molecule has 1 aromatic carbocycles. The SMILES string of the molecule is O=C(Nc1ccncc1)C1CCN(C(=O)CCOc2ccccc2)CC1. The summed E-state index contributed by atoms with van der Waals surface area (Å²) >= 11 is 0. The van der Waals surface area contributed by atoms with Crippen LogP contribution in [-0.2, 0) is 9.59 Å². The largest absolute Gasteiger partial charge is 0.493 e. The number of rotatable bonds is 6. The van der Waals surface area contributed by atoms with Crippen LogP contribution in [0.2, 0.25) is 0 Å². The third kappa shape index (κ3) is 5.05. The van der Waals surface area contributed by atoms with Crippen molar-refractivity contribution in [3.63, 3.8) is 0 Å². The molecule has 26 heavy (non-hydrogen) atoms. The van der Waals surface area contributed by atoms with Gasteiger partial charge in [0.15, 0.2) is 0 Å². The predicted octanol–water partition coefficient (Wildman–Crippen LogP) is 2.73. The van der Waals surface area contributed by atoms with E-state index in [1.54, 1.807) is 24.5 Å². The van der Waals surface area contributed by atoms with E-state index in [0.29, 0.717) is 39.0 Å². The fourth-order valence-corrected chi connectivity index (χ4v) is 3.00. The van der Waals surface area contributed by atoms with E-state index in [0.717, 1.165) is 11.4 Å². The van der Waals surface area contributed by atoms with E-state index in [-0.39, 0.29) is 17.7 Å². The lowest BCUT2D eigenvalue weighted by atomic mass is 9.95. The molecule has 0 unspecified atom stereocenters. The van der Waals surface area contributed by atoms with Crippen LogP contribution in [0, 0.1) is 5.92 Å². The Morgan fingerprint density at radius 2 is 1.77 bits per heavy atom. The summed E-state index contributed by atoms with van der Waals surface area (Å²) in [5, 5.41) is 2.91. The topological polar surface area (TPSA) is 71.5 Å². The number of pyridine rings is 1. The molecule has 2 heterocycles. The molecule has 0 spiro atoms. The minimum absolute atomic E-state index is 0.00992. The second kappa shape index (κ2) is 8.99. The molecule has 1 N–H and O–H groups in total. The number of amides is 2. The van der Waals surface area contributed by atoms with Gasteiger partial charge in [-0.25, -0.2) is 0 Å². The Hall–Kier alpha value is -2.89. The maximum absolute atomic E-state index is 12.3. The number of para-hydroxylation sites is 1. The van der Waals surface area contributed by atoms with Gasteiger partial charge in [-0.15, -0.1) is 0 Å². The Morgan fingerprint density at radius 1 is 1.08 bits per heavy atom. The first-order valence-electron chi connectivity index (χ1n) is 8.89. The van der Waals surface area contributed by atoms with E-state index in [4.69, 9.17) is 4.74 Å². The Morgan fingerprint density at radius 3 is 2.46 bits per heavy atom. The number of piperidine rings is 1. The number of likely N-dealkylation sites (tertiary alicyclic amines) is 1. The highest BCUT2D eigenvalue weighted by atomic mass is 16.5. The molecular formula is C20H23N3O3. The van der Waals surface area contributed by atoms with E-state index >= 15 is 0 Å². The number of ether oxygens (including phenoxy) is 1. The minimum atomic E-state index is -0.0622. The van der Waals surface area contributed by atoms with Crippen LogP contribution in [0.4, 0.5) is 5.69 Å². The van der Waals surface area contributed by atoms with Crippen molar-refractivity contribution in [3.8, 4) is 5.75 Å². The number of hydrogen-bond acceptors (Lipinski definition) is 4. The number of aromatic nitrogens is 1. The fourth-order valence-electron chi connectivity index (χ4n) is 3.00. The first-order chi connectivity index (χ1) is 12.7. The van der Waals surface area contributed by atoms with Crippen LogP contribution in [-0.4, -0.2) is 41.4 Å². The Bertz CT molecular complexity index is 714. The molecule has 1 aromatic heterocycles. The first-order valence-corrected chi connectivity index (χ1v) is 8.89. The van der Waals surface area contributed by atoms with Crippen molar-refractivity contribution in [2.24, 2.45) is 5.92 Å². The van der Waals surface area contributed by atoms with Gasteiger partial charge in [0, 0.05) is 37.1 Å². The number of carbonyl (C=O) groups is 2. The lowest BCUT2D eigenvalue weighted by Crippen LogP contribution is -2.41. The minimum Gasteiger partial charge on any atom is -0.493 e. The van der Waals surface area contributed by atoms with Gasteiger partial charge in [-0.1, -0.05) is 18.2 Å². The van der Waals surface area contributed by atoms with Gasteiger partial charge in [-0.2, -0.15) is 0 Å². The molecule has 6 heteroatoms. The molecule has 1 aliphatic rings. The Labute approximate surface area is 153 Å². The fraction of sp³-hybridized carbons (Fsp3) is 0.350. The van der Waals surface area contributed by atoms with Gasteiger partial charge in [0.2, 0.25) is 11.8 Å². The van der Waals surface area contributed by atoms with Gasteiger partial charge in [-0.3, -0.25) is 14.6 Å². The molecule has 2 aromatic rings. The Kier molecular flexibility index (Phi) is 6.19. The third-order valence-electron chi connectivity index (χ3n) is 4.49. The van der Waals surface area contributed by atoms with Crippen molar-refractivity contribution >= 4 is 17.5 Å². The van der Waals surface area contributed by atoms with Crippen molar-refractivity contribution in [2.75, 3.05) is 25.0 Å². The van der Waals surface area contributed by atoms with Crippen molar-refractivity contribution < 1.29 is 14.3 Å². The molecule has 6 nitrogen and oxygen atoms in total. The van der Waals surface area contributed by atoms with Gasteiger partial charge in [-0.05, 0) is 37.1 Å². The van der Waals surface area contributed by atoms with E-state index in [2.05, 4.69) is 10.3 Å². The number of anilines is 1.